The van der Waals surface area contributed by atoms with Gasteiger partial charge in [0.2, 0.25) is 5.91 Å². The highest BCUT2D eigenvalue weighted by molar-refractivity contribution is 8.00. The normalized spacial score (nSPS) is 26.0. The van der Waals surface area contributed by atoms with Crippen LogP contribution in [0, 0.1) is 0 Å². The highest BCUT2D eigenvalue weighted by Crippen LogP contribution is 2.45. The first-order valence-corrected chi connectivity index (χ1v) is 9.09. The Hall–Kier alpha value is -1.82. The van der Waals surface area contributed by atoms with Crippen molar-refractivity contribution in [3.8, 4) is 0 Å². The van der Waals surface area contributed by atoms with Crippen molar-refractivity contribution in [1.29, 1.82) is 0 Å². The maximum absolute atomic E-state index is 12.2. The number of ether oxygens (including phenoxy) is 1. The van der Waals surface area contributed by atoms with Crippen LogP contribution in [0.3, 0.4) is 0 Å². The predicted octanol–water partition coefficient (Wildman–Crippen LogP) is -1.25. The van der Waals surface area contributed by atoms with Gasteiger partial charge < -0.3 is 36.0 Å². The topological polar surface area (TPSA) is 162 Å². The summed E-state index contributed by atoms with van der Waals surface area (Å²) in [6.45, 7) is -0.194. The Bertz CT molecular complexity index is 626. The lowest BCUT2D eigenvalue weighted by Crippen LogP contribution is -2.77. The zero-order valence-electron chi connectivity index (χ0n) is 14.3. The molecular weight excluding hydrogens is 366 g/mol. The highest BCUT2D eigenvalue weighted by Gasteiger charge is 2.58. The standard InChI is InChI=1S/C15H23N3O7S/c1-25-15(17-10(20)4-2-3-9(16)12(21)22)7-18-11(13(23)24)8(5-19)6-26-14(15)18/h9,14,19H,2-7,16H2,1H3,(H,17,20)(H,21,22)(H,23,24)/t9?,14-,15-/m1/s1. The van der Waals surface area contributed by atoms with Crippen LogP contribution in [0.2, 0.25) is 0 Å². The molecule has 1 amide bonds. The fourth-order valence-corrected chi connectivity index (χ4v) is 4.49. The van der Waals surface area contributed by atoms with Gasteiger partial charge in [-0.25, -0.2) is 4.79 Å². The molecule has 2 rings (SSSR count). The minimum absolute atomic E-state index is 0.0469. The largest absolute Gasteiger partial charge is 0.480 e. The van der Waals surface area contributed by atoms with Crippen molar-refractivity contribution in [3.05, 3.63) is 11.3 Å². The van der Waals surface area contributed by atoms with Gasteiger partial charge in [-0.3, -0.25) is 9.59 Å². The molecule has 0 spiro atoms. The number of nitrogens with two attached hydrogens (primary N) is 1. The van der Waals surface area contributed by atoms with E-state index in [2.05, 4.69) is 5.32 Å². The van der Waals surface area contributed by atoms with Crippen LogP contribution in [0.1, 0.15) is 19.3 Å². The molecular formula is C15H23N3O7S. The molecule has 11 heteroatoms. The Balaban J connectivity index is 1.97. The molecule has 1 fully saturated rings. The smallest absolute Gasteiger partial charge is 0.352 e. The summed E-state index contributed by atoms with van der Waals surface area (Å²) in [6.07, 6.45) is 0.585. The van der Waals surface area contributed by atoms with Gasteiger partial charge in [0.25, 0.3) is 0 Å². The third kappa shape index (κ3) is 3.95. The van der Waals surface area contributed by atoms with Crippen LogP contribution < -0.4 is 11.1 Å². The molecule has 0 aromatic rings. The minimum atomic E-state index is -1.13. The third-order valence-electron chi connectivity index (χ3n) is 4.47. The average Bonchev–Trinajstić information content (AvgIpc) is 2.58. The number of nitrogens with one attached hydrogen (secondary N) is 1. The number of methoxy groups -OCH3 is 1. The van der Waals surface area contributed by atoms with Crippen LogP contribution in [-0.2, 0) is 19.1 Å². The number of rotatable bonds is 9. The number of amides is 1. The van der Waals surface area contributed by atoms with Crippen LogP contribution in [0.15, 0.2) is 11.3 Å². The van der Waals surface area contributed by atoms with Crippen LogP contribution >= 0.6 is 11.8 Å². The molecule has 1 saturated heterocycles. The first-order valence-electron chi connectivity index (χ1n) is 8.04. The Morgan fingerprint density at radius 1 is 1.46 bits per heavy atom. The van der Waals surface area contributed by atoms with Gasteiger partial charge in [-0.05, 0) is 18.4 Å². The van der Waals surface area contributed by atoms with Crippen molar-refractivity contribution < 1.29 is 34.4 Å². The molecule has 2 heterocycles. The van der Waals surface area contributed by atoms with E-state index in [1.807, 2.05) is 0 Å². The zero-order valence-corrected chi connectivity index (χ0v) is 15.1. The van der Waals surface area contributed by atoms with Crippen molar-refractivity contribution in [2.45, 2.75) is 36.4 Å². The van der Waals surface area contributed by atoms with E-state index in [0.29, 0.717) is 17.7 Å². The van der Waals surface area contributed by atoms with Gasteiger partial charge in [-0.1, -0.05) is 0 Å². The molecule has 1 unspecified atom stereocenters. The maximum Gasteiger partial charge on any atom is 0.352 e. The van der Waals surface area contributed by atoms with Gasteiger partial charge >= 0.3 is 11.9 Å². The van der Waals surface area contributed by atoms with Crippen LogP contribution in [0.5, 0.6) is 0 Å². The van der Waals surface area contributed by atoms with E-state index >= 15 is 0 Å². The summed E-state index contributed by atoms with van der Waals surface area (Å²) in [6, 6.07) is -1.01. The number of nitrogens with zero attached hydrogens (tertiary/aromatic N) is 1. The summed E-state index contributed by atoms with van der Waals surface area (Å²) in [5.74, 6) is -2.23. The van der Waals surface area contributed by atoms with E-state index in [1.54, 1.807) is 4.90 Å². The zero-order chi connectivity index (χ0) is 19.5. The number of aliphatic hydroxyl groups is 1. The summed E-state index contributed by atoms with van der Waals surface area (Å²) in [5.41, 5.74) is 4.85. The maximum atomic E-state index is 12.2. The number of aliphatic carboxylic acids is 2. The van der Waals surface area contributed by atoms with E-state index in [1.165, 1.54) is 18.9 Å². The molecule has 0 saturated carbocycles. The summed E-state index contributed by atoms with van der Waals surface area (Å²) >= 11 is 1.38. The first kappa shape index (κ1) is 20.5. The fraction of sp³-hybridized carbons (Fsp3) is 0.667. The van der Waals surface area contributed by atoms with Gasteiger partial charge in [0.1, 0.15) is 17.1 Å². The average molecular weight is 389 g/mol. The Morgan fingerprint density at radius 2 is 2.15 bits per heavy atom. The van der Waals surface area contributed by atoms with Crippen molar-refractivity contribution in [2.75, 3.05) is 26.0 Å². The summed E-state index contributed by atoms with van der Waals surface area (Å²) in [7, 11) is 1.43. The van der Waals surface area contributed by atoms with Crippen molar-refractivity contribution in [2.24, 2.45) is 5.73 Å². The molecule has 0 radical (unpaired) electrons. The molecule has 2 aliphatic rings. The minimum Gasteiger partial charge on any atom is -0.480 e. The summed E-state index contributed by atoms with van der Waals surface area (Å²) in [5, 5.41) is 29.8. The van der Waals surface area contributed by atoms with Gasteiger partial charge in [-0.15, -0.1) is 11.8 Å². The number of carbonyl (C=O) groups is 3. The van der Waals surface area contributed by atoms with Crippen LogP contribution in [0.25, 0.3) is 0 Å². The lowest BCUT2D eigenvalue weighted by molar-refractivity contribution is -0.167. The number of hydrogen-bond acceptors (Lipinski definition) is 8. The molecule has 10 nitrogen and oxygen atoms in total. The van der Waals surface area contributed by atoms with Gasteiger partial charge in [0.15, 0.2) is 5.72 Å². The molecule has 0 bridgehead atoms. The molecule has 0 aliphatic carbocycles. The summed E-state index contributed by atoms with van der Waals surface area (Å²) in [4.78, 5) is 35.9. The number of carboxylic acids is 2. The number of hydrogen-bond donors (Lipinski definition) is 5. The lowest BCUT2D eigenvalue weighted by atomic mass is 9.99. The quantitative estimate of drug-likeness (QED) is 0.301. The second-order valence-electron chi connectivity index (χ2n) is 6.19. The van der Waals surface area contributed by atoms with E-state index in [0.717, 1.165) is 0 Å². The Kier molecular flexibility index (Phi) is 6.50. The lowest BCUT2D eigenvalue weighted by Gasteiger charge is -2.58. The summed E-state index contributed by atoms with van der Waals surface area (Å²) < 4.78 is 5.49. The van der Waals surface area contributed by atoms with Gasteiger partial charge in [0.05, 0.1) is 13.2 Å². The van der Waals surface area contributed by atoms with Crippen LogP contribution in [-0.4, -0.2) is 81.2 Å². The number of aliphatic hydroxyl groups excluding tert-OH is 1. The molecule has 0 aromatic carbocycles. The molecule has 6 N–H and O–H groups in total. The van der Waals surface area contributed by atoms with Crippen molar-refractivity contribution in [1.82, 2.24) is 10.2 Å². The first-order chi connectivity index (χ1) is 12.3. The van der Waals surface area contributed by atoms with Gasteiger partial charge in [-0.2, -0.15) is 0 Å². The van der Waals surface area contributed by atoms with Gasteiger partial charge in [0, 0.05) is 19.3 Å². The van der Waals surface area contributed by atoms with Crippen molar-refractivity contribution in [3.63, 3.8) is 0 Å². The molecule has 2 aliphatic heterocycles. The molecule has 0 aromatic heterocycles. The SMILES string of the molecule is CO[C@]1(NC(=O)CCCC(N)C(=O)O)CN2C(C(=O)O)=C(CO)CS[C@@H]21. The third-order valence-corrected chi connectivity index (χ3v) is 5.94. The van der Waals surface area contributed by atoms with E-state index in [4.69, 9.17) is 15.6 Å². The number of carbonyl (C=O) groups excluding carboxylic acids is 1. The predicted molar refractivity (Wildman–Crippen MR) is 92.0 cm³/mol. The molecule has 146 valence electrons. The van der Waals surface area contributed by atoms with E-state index in [-0.39, 0.29) is 37.6 Å². The highest BCUT2D eigenvalue weighted by atomic mass is 32.2. The Morgan fingerprint density at radius 3 is 2.69 bits per heavy atom. The van der Waals surface area contributed by atoms with E-state index in [9.17, 15) is 24.6 Å². The number of fused-ring (bicyclic) bond motifs is 1. The van der Waals surface area contributed by atoms with Crippen LogP contribution in [0.4, 0.5) is 0 Å². The number of carboxylic acid groups (broad SMARTS) is 2. The van der Waals surface area contributed by atoms with E-state index < -0.39 is 29.1 Å². The monoisotopic (exact) mass is 389 g/mol. The second kappa shape index (κ2) is 8.25. The van der Waals surface area contributed by atoms with Crippen molar-refractivity contribution >= 4 is 29.6 Å². The number of thioether (sulfide) groups is 1. The molecule has 26 heavy (non-hydrogen) atoms. The second-order valence-corrected chi connectivity index (χ2v) is 7.25. The molecule has 3 atom stereocenters. The Labute approximate surface area is 154 Å². The fourth-order valence-electron chi connectivity index (χ4n) is 3.04.